The van der Waals surface area contributed by atoms with Crippen molar-refractivity contribution in [2.45, 2.75) is 26.4 Å². The minimum Gasteiger partial charge on any atom is -0.377 e. The number of aromatic nitrogens is 2. The van der Waals surface area contributed by atoms with Crippen LogP contribution in [0.15, 0.2) is 35.1 Å². The third-order valence-corrected chi connectivity index (χ3v) is 3.78. The Kier molecular flexibility index (Phi) is 4.70. The van der Waals surface area contributed by atoms with Crippen molar-refractivity contribution in [1.82, 2.24) is 9.78 Å². The molecule has 108 valence electrons. The second-order valence-corrected chi connectivity index (χ2v) is 5.97. The molecule has 4 nitrogen and oxygen atoms in total. The van der Waals surface area contributed by atoms with Crippen LogP contribution in [-0.4, -0.2) is 23.9 Å². The Balaban J connectivity index is 2.22. The minimum atomic E-state index is 0.211. The number of nitrogens with one attached hydrogen (secondary N) is 1. The zero-order valence-corrected chi connectivity index (χ0v) is 14.0. The smallest absolute Gasteiger partial charge is 0.0597 e. The van der Waals surface area contributed by atoms with Crippen LogP contribution in [0.1, 0.15) is 25.5 Å². The van der Waals surface area contributed by atoms with Gasteiger partial charge in [-0.25, -0.2) is 0 Å². The summed E-state index contributed by atoms with van der Waals surface area (Å²) < 4.78 is 3.02. The maximum absolute atomic E-state index is 4.33. The molecule has 0 aliphatic carbocycles. The lowest BCUT2D eigenvalue weighted by atomic mass is 10.1. The molecule has 0 saturated carbocycles. The first-order chi connectivity index (χ1) is 9.51. The summed E-state index contributed by atoms with van der Waals surface area (Å²) in [5.74, 6) is 0. The highest BCUT2D eigenvalue weighted by atomic mass is 79.9. The number of benzene rings is 1. The van der Waals surface area contributed by atoms with Crippen LogP contribution < -0.4 is 10.2 Å². The fraction of sp³-hybridized carbons (Fsp3) is 0.400. The van der Waals surface area contributed by atoms with Gasteiger partial charge in [-0.2, -0.15) is 5.10 Å². The summed E-state index contributed by atoms with van der Waals surface area (Å²) in [5.41, 5.74) is 3.47. The Hall–Kier alpha value is -1.49. The fourth-order valence-electron chi connectivity index (χ4n) is 2.11. The molecule has 0 bridgehead atoms. The Labute approximate surface area is 128 Å². The van der Waals surface area contributed by atoms with Gasteiger partial charge in [0.15, 0.2) is 0 Å². The largest absolute Gasteiger partial charge is 0.377 e. The summed E-state index contributed by atoms with van der Waals surface area (Å²) >= 11 is 3.53. The molecule has 20 heavy (non-hydrogen) atoms. The summed E-state index contributed by atoms with van der Waals surface area (Å²) in [6, 6.07) is 6.48. The molecule has 1 aromatic heterocycles. The van der Waals surface area contributed by atoms with Crippen molar-refractivity contribution in [1.29, 1.82) is 0 Å². The molecular weight excluding hydrogens is 316 g/mol. The normalized spacial score (nSPS) is 12.2. The molecule has 0 aliphatic rings. The highest BCUT2D eigenvalue weighted by Gasteiger charge is 2.11. The molecule has 0 radical (unpaired) electrons. The van der Waals surface area contributed by atoms with Gasteiger partial charge in [-0.15, -0.1) is 0 Å². The van der Waals surface area contributed by atoms with Gasteiger partial charge in [0.05, 0.1) is 23.6 Å². The highest BCUT2D eigenvalue weighted by molar-refractivity contribution is 9.10. The van der Waals surface area contributed by atoms with Gasteiger partial charge < -0.3 is 10.2 Å². The monoisotopic (exact) mass is 336 g/mol. The number of halogens is 1. The van der Waals surface area contributed by atoms with Crippen molar-refractivity contribution in [3.05, 3.63) is 40.6 Å². The lowest BCUT2D eigenvalue weighted by Gasteiger charge is -2.21. The molecule has 2 rings (SSSR count). The number of aryl methyl sites for hydroxylation is 1. The summed E-state index contributed by atoms with van der Waals surface area (Å²) in [5, 5.41) is 7.89. The molecule has 2 aromatic rings. The van der Waals surface area contributed by atoms with Crippen LogP contribution in [0, 0.1) is 0 Å². The van der Waals surface area contributed by atoms with Crippen molar-refractivity contribution >= 4 is 27.3 Å². The van der Waals surface area contributed by atoms with Crippen molar-refractivity contribution in [2.75, 3.05) is 24.3 Å². The second kappa shape index (κ2) is 6.31. The summed E-state index contributed by atoms with van der Waals surface area (Å²) in [6.45, 7) is 5.14. The van der Waals surface area contributed by atoms with Crippen LogP contribution in [0.5, 0.6) is 0 Å². The highest BCUT2D eigenvalue weighted by Crippen LogP contribution is 2.31. The van der Waals surface area contributed by atoms with E-state index < -0.39 is 0 Å². The van der Waals surface area contributed by atoms with E-state index >= 15 is 0 Å². The van der Waals surface area contributed by atoms with E-state index in [0.717, 1.165) is 16.7 Å². The molecule has 1 heterocycles. The number of hydrogen-bond donors (Lipinski definition) is 1. The third kappa shape index (κ3) is 3.33. The zero-order valence-electron chi connectivity index (χ0n) is 12.4. The van der Waals surface area contributed by atoms with Gasteiger partial charge in [0.1, 0.15) is 0 Å². The predicted molar refractivity (Wildman–Crippen MR) is 88.4 cm³/mol. The molecule has 5 heteroatoms. The van der Waals surface area contributed by atoms with Gasteiger partial charge in [-0.1, -0.05) is 15.9 Å². The van der Waals surface area contributed by atoms with Crippen molar-refractivity contribution in [3.8, 4) is 0 Å². The molecule has 0 amide bonds. The molecular formula is C15H21BrN4. The first kappa shape index (κ1) is 14.9. The van der Waals surface area contributed by atoms with Crippen LogP contribution in [0.3, 0.4) is 0 Å². The first-order valence-electron chi connectivity index (χ1n) is 6.77. The molecule has 0 fully saturated rings. The molecule has 1 unspecified atom stereocenters. The number of rotatable bonds is 5. The average Bonchev–Trinajstić information content (AvgIpc) is 2.87. The number of hydrogen-bond acceptors (Lipinski definition) is 3. The maximum Gasteiger partial charge on any atom is 0.0597 e. The minimum absolute atomic E-state index is 0.211. The van der Waals surface area contributed by atoms with Gasteiger partial charge in [0.2, 0.25) is 0 Å². The summed E-state index contributed by atoms with van der Waals surface area (Å²) in [4.78, 5) is 2.11. The lowest BCUT2D eigenvalue weighted by Crippen LogP contribution is -2.14. The maximum atomic E-state index is 4.33. The van der Waals surface area contributed by atoms with Crippen LogP contribution in [0.2, 0.25) is 0 Å². The topological polar surface area (TPSA) is 33.1 Å². The van der Waals surface area contributed by atoms with E-state index in [1.54, 1.807) is 0 Å². The van der Waals surface area contributed by atoms with E-state index in [4.69, 9.17) is 0 Å². The van der Waals surface area contributed by atoms with E-state index in [-0.39, 0.29) is 6.04 Å². The first-order valence-corrected chi connectivity index (χ1v) is 7.56. The van der Waals surface area contributed by atoms with Gasteiger partial charge >= 0.3 is 0 Å². The molecule has 1 N–H and O–H groups in total. The van der Waals surface area contributed by atoms with Crippen molar-refractivity contribution in [3.63, 3.8) is 0 Å². The standard InChI is InChI=1S/C15H21BrN4/c1-5-20-10-12(9-17-20)11(2)18-14-8-13(16)6-7-15(14)19(3)4/h6-11,18H,5H2,1-4H3. The van der Waals surface area contributed by atoms with E-state index in [0.29, 0.717) is 0 Å². The Morgan fingerprint density at radius 2 is 2.15 bits per heavy atom. The van der Waals surface area contributed by atoms with E-state index in [2.05, 4.69) is 69.5 Å². The van der Waals surface area contributed by atoms with Crippen molar-refractivity contribution < 1.29 is 0 Å². The van der Waals surface area contributed by atoms with E-state index in [1.807, 2.05) is 25.0 Å². The van der Waals surface area contributed by atoms with Crippen LogP contribution in [-0.2, 0) is 6.54 Å². The van der Waals surface area contributed by atoms with Gasteiger partial charge in [-0.3, -0.25) is 4.68 Å². The van der Waals surface area contributed by atoms with Crippen LogP contribution in [0.4, 0.5) is 11.4 Å². The number of anilines is 2. The Bertz CT molecular complexity index is 577. The molecule has 1 aromatic carbocycles. The molecule has 0 saturated heterocycles. The average molecular weight is 337 g/mol. The summed E-state index contributed by atoms with van der Waals surface area (Å²) in [7, 11) is 4.10. The third-order valence-electron chi connectivity index (χ3n) is 3.29. The van der Waals surface area contributed by atoms with Gasteiger partial charge in [-0.05, 0) is 32.0 Å². The molecule has 0 spiro atoms. The lowest BCUT2D eigenvalue weighted by molar-refractivity contribution is 0.658. The fourth-order valence-corrected chi connectivity index (χ4v) is 2.47. The molecule has 0 aliphatic heterocycles. The van der Waals surface area contributed by atoms with E-state index in [9.17, 15) is 0 Å². The predicted octanol–water partition coefficient (Wildman–Crippen LogP) is 3.90. The quantitative estimate of drug-likeness (QED) is 0.898. The van der Waals surface area contributed by atoms with Crippen LogP contribution in [0.25, 0.3) is 0 Å². The SMILES string of the molecule is CCn1cc(C(C)Nc2cc(Br)ccc2N(C)C)cn1. The van der Waals surface area contributed by atoms with Gasteiger partial charge in [0.25, 0.3) is 0 Å². The van der Waals surface area contributed by atoms with Gasteiger partial charge in [0, 0.05) is 36.9 Å². The van der Waals surface area contributed by atoms with E-state index in [1.165, 1.54) is 11.3 Å². The Morgan fingerprint density at radius 1 is 1.40 bits per heavy atom. The summed E-state index contributed by atoms with van der Waals surface area (Å²) in [6.07, 6.45) is 4.01. The molecule has 1 atom stereocenters. The Morgan fingerprint density at radius 3 is 2.75 bits per heavy atom. The number of nitrogens with zero attached hydrogens (tertiary/aromatic N) is 3. The second-order valence-electron chi connectivity index (χ2n) is 5.05. The zero-order chi connectivity index (χ0) is 14.7. The van der Waals surface area contributed by atoms with Crippen molar-refractivity contribution in [2.24, 2.45) is 0 Å². The van der Waals surface area contributed by atoms with Crippen LogP contribution >= 0.6 is 15.9 Å².